The van der Waals surface area contributed by atoms with Crippen LogP contribution in [0, 0.1) is 0 Å². The van der Waals surface area contributed by atoms with Crippen LogP contribution < -0.4 is 0 Å². The number of hydrogen-bond acceptors (Lipinski definition) is 5. The summed E-state index contributed by atoms with van der Waals surface area (Å²) in [6.07, 6.45) is 2.53. The van der Waals surface area contributed by atoms with Gasteiger partial charge in [-0.15, -0.1) is 11.7 Å². The molecule has 0 fully saturated rings. The Hall–Kier alpha value is -0.750. The molecule has 1 N–H and O–H groups in total. The van der Waals surface area contributed by atoms with Crippen LogP contribution in [0.2, 0.25) is 0 Å². The summed E-state index contributed by atoms with van der Waals surface area (Å²) in [6, 6.07) is 0. The molecule has 0 aliphatic rings. The topological polar surface area (TPSA) is 63.1 Å². The lowest BCUT2D eigenvalue weighted by atomic mass is 10.3. The number of rotatable bonds is 2. The molecular formula is C5H4N2O2S2. The number of carboxylic acid groups (broad SMARTS) is 1. The maximum absolute atomic E-state index is 10.5. The zero-order chi connectivity index (χ0) is 8.27. The largest absolute Gasteiger partial charge is 0.478 e. The number of hydrogen-bond donors (Lipinski definition) is 2. The van der Waals surface area contributed by atoms with E-state index < -0.39 is 5.97 Å². The van der Waals surface area contributed by atoms with E-state index in [0.29, 0.717) is 5.03 Å². The Balaban J connectivity index is 3.12. The lowest BCUT2D eigenvalue weighted by Gasteiger charge is -1.96. The van der Waals surface area contributed by atoms with Crippen molar-refractivity contribution in [2.24, 2.45) is 0 Å². The molecule has 0 atom stereocenters. The van der Waals surface area contributed by atoms with Crippen LogP contribution in [0.1, 0.15) is 10.4 Å². The summed E-state index contributed by atoms with van der Waals surface area (Å²) in [6.45, 7) is 0. The van der Waals surface area contributed by atoms with Crippen molar-refractivity contribution >= 4 is 28.4 Å². The molecule has 0 radical (unpaired) electrons. The third-order valence-electron chi connectivity index (χ3n) is 0.993. The van der Waals surface area contributed by atoms with Crippen LogP contribution in [0.5, 0.6) is 0 Å². The highest BCUT2D eigenvalue weighted by molar-refractivity contribution is 8.68. The van der Waals surface area contributed by atoms with Gasteiger partial charge in [0.1, 0.15) is 16.9 Å². The molecule has 0 spiro atoms. The van der Waals surface area contributed by atoms with Crippen molar-refractivity contribution in [3.63, 3.8) is 0 Å². The van der Waals surface area contributed by atoms with E-state index in [1.807, 2.05) is 0 Å². The monoisotopic (exact) mass is 188 g/mol. The van der Waals surface area contributed by atoms with Gasteiger partial charge in [-0.1, -0.05) is 0 Å². The van der Waals surface area contributed by atoms with E-state index in [1.165, 1.54) is 12.5 Å². The summed E-state index contributed by atoms with van der Waals surface area (Å²) in [5.41, 5.74) is 0.0764. The van der Waals surface area contributed by atoms with E-state index in [9.17, 15) is 4.79 Å². The Morgan fingerprint density at radius 3 is 2.91 bits per heavy atom. The first-order valence-electron chi connectivity index (χ1n) is 2.60. The second-order valence-corrected chi connectivity index (χ2v) is 2.76. The highest BCUT2D eigenvalue weighted by Gasteiger charge is 2.09. The van der Waals surface area contributed by atoms with E-state index >= 15 is 0 Å². The van der Waals surface area contributed by atoms with Crippen LogP contribution >= 0.6 is 22.5 Å². The van der Waals surface area contributed by atoms with E-state index in [1.54, 1.807) is 0 Å². The summed E-state index contributed by atoms with van der Waals surface area (Å²) in [4.78, 5) is 17.7. The van der Waals surface area contributed by atoms with Crippen LogP contribution in [-0.4, -0.2) is 21.0 Å². The summed E-state index contributed by atoms with van der Waals surface area (Å²) in [7, 11) is 0.986. The second kappa shape index (κ2) is 3.59. The summed E-state index contributed by atoms with van der Waals surface area (Å²) >= 11 is 3.84. The number of aromatic carboxylic acids is 1. The van der Waals surface area contributed by atoms with Crippen molar-refractivity contribution in [1.82, 2.24) is 9.97 Å². The standard InChI is InChI=1S/C5H4N2O2S2/c8-5(9)3-1-6-2-7-4(3)11-10/h1-2,10H,(H,8,9). The normalized spacial score (nSPS) is 9.55. The molecular weight excluding hydrogens is 184 g/mol. The summed E-state index contributed by atoms with van der Waals surface area (Å²) in [5.74, 6) is -1.04. The van der Waals surface area contributed by atoms with Crippen LogP contribution in [0.4, 0.5) is 0 Å². The lowest BCUT2D eigenvalue weighted by Crippen LogP contribution is -2.00. The van der Waals surface area contributed by atoms with Crippen molar-refractivity contribution in [1.29, 1.82) is 0 Å². The predicted octanol–water partition coefficient (Wildman–Crippen LogP) is 1.11. The molecule has 0 amide bonds. The Labute approximate surface area is 71.9 Å². The van der Waals surface area contributed by atoms with Gasteiger partial charge in [-0.05, 0) is 10.8 Å². The first-order valence-corrected chi connectivity index (χ1v) is 4.47. The quantitative estimate of drug-likeness (QED) is 0.413. The lowest BCUT2D eigenvalue weighted by molar-refractivity contribution is 0.0691. The minimum absolute atomic E-state index is 0.0764. The number of carboxylic acids is 1. The minimum Gasteiger partial charge on any atom is -0.478 e. The van der Waals surface area contributed by atoms with E-state index in [2.05, 4.69) is 21.6 Å². The van der Waals surface area contributed by atoms with Gasteiger partial charge in [-0.3, -0.25) is 0 Å². The van der Waals surface area contributed by atoms with Crippen molar-refractivity contribution in [2.75, 3.05) is 0 Å². The predicted molar refractivity (Wildman–Crippen MR) is 43.8 cm³/mol. The van der Waals surface area contributed by atoms with Gasteiger partial charge in [0, 0.05) is 6.20 Å². The molecule has 0 saturated heterocycles. The van der Waals surface area contributed by atoms with E-state index in [4.69, 9.17) is 5.11 Å². The van der Waals surface area contributed by atoms with Crippen LogP contribution in [0.15, 0.2) is 17.6 Å². The van der Waals surface area contributed by atoms with Crippen molar-refractivity contribution in [2.45, 2.75) is 5.03 Å². The Bertz CT molecular complexity index is 279. The molecule has 1 aromatic heterocycles. The first kappa shape index (κ1) is 8.35. The molecule has 0 aliphatic carbocycles. The number of nitrogens with zero attached hydrogens (tertiary/aromatic N) is 2. The molecule has 1 aromatic rings. The third-order valence-corrected chi connectivity index (χ3v) is 2.01. The molecule has 1 rings (SSSR count). The third kappa shape index (κ3) is 1.84. The highest BCUT2D eigenvalue weighted by Crippen LogP contribution is 2.21. The second-order valence-electron chi connectivity index (χ2n) is 1.64. The fraction of sp³-hybridized carbons (Fsp3) is 0. The van der Waals surface area contributed by atoms with Gasteiger partial charge in [-0.2, -0.15) is 0 Å². The van der Waals surface area contributed by atoms with Gasteiger partial charge in [-0.25, -0.2) is 14.8 Å². The first-order chi connectivity index (χ1) is 5.25. The van der Waals surface area contributed by atoms with Gasteiger partial charge in [0.25, 0.3) is 0 Å². The summed E-state index contributed by atoms with van der Waals surface area (Å²) < 4.78 is 0. The molecule has 4 nitrogen and oxygen atoms in total. The number of carbonyl (C=O) groups is 1. The van der Waals surface area contributed by atoms with Crippen LogP contribution in [0.3, 0.4) is 0 Å². The highest BCUT2D eigenvalue weighted by atomic mass is 33.1. The van der Waals surface area contributed by atoms with Gasteiger partial charge in [0.2, 0.25) is 0 Å². The Kier molecular flexibility index (Phi) is 2.72. The fourth-order valence-electron chi connectivity index (χ4n) is 0.538. The average Bonchev–Trinajstić information content (AvgIpc) is 2.04. The molecule has 0 aromatic carbocycles. The van der Waals surface area contributed by atoms with Gasteiger partial charge >= 0.3 is 5.97 Å². The smallest absolute Gasteiger partial charge is 0.340 e. The molecule has 0 saturated carbocycles. The summed E-state index contributed by atoms with van der Waals surface area (Å²) in [5, 5.41) is 8.93. The number of thiol groups is 1. The Morgan fingerprint density at radius 2 is 2.45 bits per heavy atom. The molecule has 58 valence electrons. The maximum atomic E-state index is 10.5. The van der Waals surface area contributed by atoms with E-state index in [0.717, 1.165) is 10.8 Å². The zero-order valence-electron chi connectivity index (χ0n) is 5.26. The van der Waals surface area contributed by atoms with Gasteiger partial charge in [0.05, 0.1) is 0 Å². The fourth-order valence-corrected chi connectivity index (χ4v) is 1.31. The average molecular weight is 188 g/mol. The SMILES string of the molecule is O=C(O)c1cncnc1SS. The van der Waals surface area contributed by atoms with Crippen LogP contribution in [0.25, 0.3) is 0 Å². The van der Waals surface area contributed by atoms with Gasteiger partial charge < -0.3 is 5.11 Å². The maximum Gasteiger partial charge on any atom is 0.340 e. The van der Waals surface area contributed by atoms with Crippen molar-refractivity contribution < 1.29 is 9.90 Å². The number of aromatic nitrogens is 2. The molecule has 0 bridgehead atoms. The van der Waals surface area contributed by atoms with Crippen molar-refractivity contribution in [3.05, 3.63) is 18.1 Å². The molecule has 0 aliphatic heterocycles. The Morgan fingerprint density at radius 1 is 1.73 bits per heavy atom. The zero-order valence-corrected chi connectivity index (χ0v) is 6.97. The van der Waals surface area contributed by atoms with Gasteiger partial charge in [0.15, 0.2) is 0 Å². The van der Waals surface area contributed by atoms with Crippen molar-refractivity contribution in [3.8, 4) is 0 Å². The molecule has 0 unspecified atom stereocenters. The molecule has 11 heavy (non-hydrogen) atoms. The van der Waals surface area contributed by atoms with E-state index in [-0.39, 0.29) is 5.56 Å². The molecule has 1 heterocycles. The van der Waals surface area contributed by atoms with Crippen LogP contribution in [-0.2, 0) is 0 Å². The molecule has 6 heteroatoms. The minimum atomic E-state index is -1.04.